The number of urea groups is 1. The van der Waals surface area contributed by atoms with E-state index in [1.807, 2.05) is 30.3 Å². The van der Waals surface area contributed by atoms with Gasteiger partial charge in [-0.3, -0.25) is 0 Å². The third-order valence-electron chi connectivity index (χ3n) is 8.66. The molecule has 7 nitrogen and oxygen atoms in total. The number of hydrogen-bond acceptors (Lipinski definition) is 5. The Kier molecular flexibility index (Phi) is 14.7. The highest BCUT2D eigenvalue weighted by Gasteiger charge is 2.37. The number of nitrogens with two attached hydrogens (primary N) is 1. The molecular formula is C36H52Cl2N4O3. The van der Waals surface area contributed by atoms with Crippen molar-refractivity contribution < 1.29 is 14.3 Å². The number of methoxy groups -OCH3 is 1. The normalized spacial score (nSPS) is 13.9. The molecule has 0 unspecified atom stereocenters. The Balaban J connectivity index is 0.00000353. The molecule has 9 heteroatoms. The highest BCUT2D eigenvalue weighted by molar-refractivity contribution is 5.92. The average Bonchev–Trinajstić information content (AvgIpc) is 3.01. The maximum absolute atomic E-state index is 13.5. The molecule has 1 heterocycles. The fourth-order valence-electron chi connectivity index (χ4n) is 6.04. The van der Waals surface area contributed by atoms with Crippen molar-refractivity contribution in [3.63, 3.8) is 0 Å². The second-order valence-corrected chi connectivity index (χ2v) is 12.4. The second-order valence-electron chi connectivity index (χ2n) is 12.4. The summed E-state index contributed by atoms with van der Waals surface area (Å²) in [5, 5.41) is 6.47. The summed E-state index contributed by atoms with van der Waals surface area (Å²) < 4.78 is 11.8. The van der Waals surface area contributed by atoms with Crippen LogP contribution in [-0.2, 0) is 5.41 Å². The number of rotatable bonds is 12. The summed E-state index contributed by atoms with van der Waals surface area (Å²) in [7, 11) is 1.70. The topological polar surface area (TPSA) is 88.9 Å². The van der Waals surface area contributed by atoms with Gasteiger partial charge in [0.05, 0.1) is 19.4 Å². The van der Waals surface area contributed by atoms with E-state index in [9.17, 15) is 4.79 Å². The van der Waals surface area contributed by atoms with Crippen molar-refractivity contribution in [1.29, 1.82) is 0 Å². The molecule has 0 spiro atoms. The van der Waals surface area contributed by atoms with Crippen molar-refractivity contribution in [2.24, 2.45) is 0 Å². The molecule has 0 aromatic heterocycles. The fourth-order valence-corrected chi connectivity index (χ4v) is 6.04. The van der Waals surface area contributed by atoms with Crippen LogP contribution in [0.5, 0.6) is 11.5 Å². The average molecular weight is 660 g/mol. The van der Waals surface area contributed by atoms with Gasteiger partial charge in [-0.2, -0.15) is 0 Å². The highest BCUT2D eigenvalue weighted by Crippen LogP contribution is 2.40. The van der Waals surface area contributed by atoms with Crippen LogP contribution in [0.15, 0.2) is 60.7 Å². The molecule has 4 N–H and O–H groups in total. The van der Waals surface area contributed by atoms with E-state index in [1.165, 1.54) is 5.56 Å². The zero-order valence-corrected chi connectivity index (χ0v) is 29.3. The predicted molar refractivity (Wildman–Crippen MR) is 194 cm³/mol. The van der Waals surface area contributed by atoms with Gasteiger partial charge < -0.3 is 30.7 Å². The quantitative estimate of drug-likeness (QED) is 0.134. The van der Waals surface area contributed by atoms with Crippen molar-refractivity contribution >= 4 is 47.9 Å². The zero-order valence-electron chi connectivity index (χ0n) is 27.7. The van der Waals surface area contributed by atoms with Crippen LogP contribution in [0.2, 0.25) is 0 Å². The van der Waals surface area contributed by atoms with Crippen molar-refractivity contribution in [2.75, 3.05) is 49.3 Å². The molecule has 4 rings (SSSR count). The van der Waals surface area contributed by atoms with Crippen LogP contribution in [-0.4, -0.2) is 39.4 Å². The summed E-state index contributed by atoms with van der Waals surface area (Å²) in [4.78, 5) is 16.0. The molecule has 1 fully saturated rings. The van der Waals surface area contributed by atoms with Gasteiger partial charge >= 0.3 is 6.03 Å². The van der Waals surface area contributed by atoms with Crippen LogP contribution in [0.3, 0.4) is 0 Å². The molecule has 0 radical (unpaired) electrons. The van der Waals surface area contributed by atoms with Crippen molar-refractivity contribution in [3.05, 3.63) is 77.4 Å². The third-order valence-corrected chi connectivity index (χ3v) is 8.66. The van der Waals surface area contributed by atoms with Crippen LogP contribution < -0.4 is 30.7 Å². The van der Waals surface area contributed by atoms with Crippen LogP contribution >= 0.6 is 24.8 Å². The van der Waals surface area contributed by atoms with E-state index in [1.54, 1.807) is 7.11 Å². The first kappa shape index (κ1) is 37.9. The summed E-state index contributed by atoms with van der Waals surface area (Å²) in [6.07, 6.45) is 3.89. The number of nitrogens with one attached hydrogen (secondary N) is 2. The smallest absolute Gasteiger partial charge is 0.319 e. The number of carbonyl (C=O) groups excluding carboxylic acids is 1. The summed E-state index contributed by atoms with van der Waals surface area (Å²) in [6, 6.07) is 20.4. The fraction of sp³-hybridized carbons (Fsp3) is 0.472. The van der Waals surface area contributed by atoms with E-state index in [-0.39, 0.29) is 48.1 Å². The van der Waals surface area contributed by atoms with Crippen molar-refractivity contribution in [2.45, 2.75) is 77.6 Å². The van der Waals surface area contributed by atoms with E-state index in [0.29, 0.717) is 6.54 Å². The Morgan fingerprint density at radius 1 is 0.956 bits per heavy atom. The Morgan fingerprint density at radius 2 is 1.60 bits per heavy atom. The Labute approximate surface area is 282 Å². The third kappa shape index (κ3) is 9.36. The van der Waals surface area contributed by atoms with Crippen molar-refractivity contribution in [3.8, 4) is 11.5 Å². The Bertz CT molecular complexity index is 1340. The second kappa shape index (κ2) is 17.4. The predicted octanol–water partition coefficient (Wildman–Crippen LogP) is 8.91. The lowest BCUT2D eigenvalue weighted by atomic mass is 9.72. The molecule has 0 atom stereocenters. The van der Waals surface area contributed by atoms with E-state index in [0.717, 1.165) is 85.1 Å². The first-order valence-corrected chi connectivity index (χ1v) is 15.8. The number of benzene rings is 3. The molecule has 1 saturated heterocycles. The number of para-hydroxylation sites is 2. The van der Waals surface area contributed by atoms with Gasteiger partial charge in [-0.25, -0.2) is 4.79 Å². The number of amides is 2. The van der Waals surface area contributed by atoms with Gasteiger partial charge in [0.2, 0.25) is 0 Å². The highest BCUT2D eigenvalue weighted by atomic mass is 35.5. The maximum atomic E-state index is 13.5. The number of ether oxygens (including phenoxy) is 2. The standard InChI is InChI=1S/C36H50N4O3.2ClH/c1-7-8-20-43-33-15-10-9-14-32(33)40-18-16-36(17-19-40,27-12-11-13-29(21-27)42-6)24-38-35(41)39-34-30(25(2)3)22-28(37)23-31(34)26(4)5;;/h9-15,21-23,25-26H,7-8,16-20,24,37H2,1-6H3,(H2,38,39,41);2*1H. The number of hydrogen-bond donors (Lipinski definition) is 3. The molecule has 0 aliphatic carbocycles. The lowest BCUT2D eigenvalue weighted by molar-refractivity contribution is 0.244. The summed E-state index contributed by atoms with van der Waals surface area (Å²) in [5.74, 6) is 2.20. The molecule has 45 heavy (non-hydrogen) atoms. The van der Waals surface area contributed by atoms with Gasteiger partial charge in [0.25, 0.3) is 0 Å². The lowest BCUT2D eigenvalue weighted by Gasteiger charge is -2.43. The molecule has 248 valence electrons. The minimum Gasteiger partial charge on any atom is -0.497 e. The summed E-state index contributed by atoms with van der Waals surface area (Å²) in [6.45, 7) is 13.6. The molecule has 3 aromatic rings. The van der Waals surface area contributed by atoms with Crippen LogP contribution in [0.25, 0.3) is 0 Å². The number of halogens is 2. The molecule has 1 aliphatic rings. The minimum absolute atomic E-state index is 0. The molecule has 3 aromatic carbocycles. The first-order chi connectivity index (χ1) is 20.7. The van der Waals surface area contributed by atoms with Crippen LogP contribution in [0.4, 0.5) is 21.9 Å². The number of anilines is 3. The van der Waals surface area contributed by atoms with Gasteiger partial charge in [0.1, 0.15) is 11.5 Å². The van der Waals surface area contributed by atoms with E-state index < -0.39 is 0 Å². The van der Waals surface area contributed by atoms with Crippen LogP contribution in [0, 0.1) is 0 Å². The maximum Gasteiger partial charge on any atom is 0.319 e. The molecule has 0 bridgehead atoms. The van der Waals surface area contributed by atoms with E-state index >= 15 is 0 Å². The Hall–Kier alpha value is -3.29. The molecule has 1 aliphatic heterocycles. The SMILES string of the molecule is CCCCOc1ccccc1N1CCC(CNC(=O)Nc2c(C(C)C)cc(N)cc2C(C)C)(c2cccc(OC)c2)CC1.Cl.Cl. The Morgan fingerprint density at radius 3 is 2.20 bits per heavy atom. The van der Waals surface area contributed by atoms with Gasteiger partial charge in [-0.1, -0.05) is 65.3 Å². The zero-order chi connectivity index (χ0) is 31.0. The largest absolute Gasteiger partial charge is 0.497 e. The minimum atomic E-state index is -0.247. The van der Waals surface area contributed by atoms with Crippen LogP contribution in [0.1, 0.15) is 88.8 Å². The van der Waals surface area contributed by atoms with Gasteiger partial charge in [0.15, 0.2) is 0 Å². The molecular weight excluding hydrogens is 607 g/mol. The van der Waals surface area contributed by atoms with Gasteiger partial charge in [-0.15, -0.1) is 24.8 Å². The monoisotopic (exact) mass is 658 g/mol. The first-order valence-electron chi connectivity index (χ1n) is 15.8. The van der Waals surface area contributed by atoms with E-state index in [4.69, 9.17) is 15.2 Å². The lowest BCUT2D eigenvalue weighted by Crippen LogP contribution is -2.49. The van der Waals surface area contributed by atoms with Gasteiger partial charge in [0, 0.05) is 36.4 Å². The van der Waals surface area contributed by atoms with Crippen molar-refractivity contribution in [1.82, 2.24) is 5.32 Å². The summed E-state index contributed by atoms with van der Waals surface area (Å²) >= 11 is 0. The number of piperidine rings is 1. The number of unbranched alkanes of at least 4 members (excludes halogenated alkanes) is 1. The number of carbonyl (C=O) groups is 1. The van der Waals surface area contributed by atoms with Gasteiger partial charge in [-0.05, 0) is 84.2 Å². The molecule has 0 saturated carbocycles. The summed E-state index contributed by atoms with van der Waals surface area (Å²) in [5.41, 5.74) is 12.0. The molecule has 2 amide bonds. The van der Waals surface area contributed by atoms with E-state index in [2.05, 4.69) is 80.5 Å². The number of nitrogen functional groups attached to an aromatic ring is 1. The number of nitrogens with zero attached hydrogens (tertiary/aromatic N) is 1.